The van der Waals surface area contributed by atoms with Crippen LogP contribution in [0.5, 0.6) is 5.75 Å². The number of nitrogens with two attached hydrogens (primary N) is 1. The number of carbonyl (C=O) groups excluding carboxylic acids is 2. The molecule has 1 amide bonds. The second-order valence-corrected chi connectivity index (χ2v) is 11.0. The van der Waals surface area contributed by atoms with Gasteiger partial charge in [0.05, 0.1) is 23.5 Å². The molecule has 0 spiro atoms. The Balaban J connectivity index is 1.28. The fourth-order valence-corrected chi connectivity index (χ4v) is 5.55. The van der Waals surface area contributed by atoms with Gasteiger partial charge < -0.3 is 24.8 Å². The van der Waals surface area contributed by atoms with Gasteiger partial charge in [-0.25, -0.2) is 14.8 Å². The van der Waals surface area contributed by atoms with Crippen LogP contribution < -0.4 is 20.9 Å². The Bertz CT molecular complexity index is 1810. The summed E-state index contributed by atoms with van der Waals surface area (Å²) in [7, 11) is 1.59. The quantitative estimate of drug-likeness (QED) is 0.276. The number of cyclic esters (lactones) is 1. The number of carbonyl (C=O) groups is 2. The smallest absolute Gasteiger partial charge is 0.410 e. The third-order valence-electron chi connectivity index (χ3n) is 7.95. The Hall–Kier alpha value is -5.05. The highest BCUT2D eigenvalue weighted by Crippen LogP contribution is 2.28. The maximum atomic E-state index is 13.3. The topological polar surface area (TPSA) is 147 Å². The molecule has 4 aromatic rings. The van der Waals surface area contributed by atoms with Gasteiger partial charge >= 0.3 is 18.7 Å². The molecule has 2 aliphatic heterocycles. The van der Waals surface area contributed by atoms with E-state index in [1.807, 2.05) is 11.0 Å². The third kappa shape index (κ3) is 6.02. The molecule has 13 nitrogen and oxygen atoms in total. The van der Waals surface area contributed by atoms with Crippen LogP contribution in [-0.2, 0) is 34.5 Å². The Morgan fingerprint density at radius 3 is 2.62 bits per heavy atom. The fraction of sp³-hybridized carbons (Fsp3) is 0.367. The number of aromatic nitrogens is 4. The second-order valence-electron chi connectivity index (χ2n) is 11.0. The van der Waals surface area contributed by atoms with E-state index in [1.165, 1.54) is 23.7 Å². The Kier molecular flexibility index (Phi) is 8.10. The molecule has 2 aliphatic rings. The lowest BCUT2D eigenvalue weighted by Gasteiger charge is -2.35. The van der Waals surface area contributed by atoms with Crippen LogP contribution in [0.1, 0.15) is 18.1 Å². The van der Waals surface area contributed by atoms with Gasteiger partial charge in [0.15, 0.2) is 0 Å². The molecule has 6 rings (SSSR count). The lowest BCUT2D eigenvalue weighted by molar-refractivity contribution is -0.146. The number of halogens is 2. The number of hydrogen-bond acceptors (Lipinski definition) is 10. The minimum Gasteiger partial charge on any atom is -0.460 e. The number of piperazine rings is 1. The van der Waals surface area contributed by atoms with Crippen LogP contribution in [0.4, 0.5) is 19.5 Å². The average molecular weight is 624 g/mol. The molecule has 2 aromatic heterocycles. The van der Waals surface area contributed by atoms with Crippen molar-refractivity contribution in [1.29, 1.82) is 0 Å². The van der Waals surface area contributed by atoms with Gasteiger partial charge in [0, 0.05) is 50.2 Å². The second kappa shape index (κ2) is 12.1. The molecule has 2 unspecified atom stereocenters. The molecule has 0 bridgehead atoms. The van der Waals surface area contributed by atoms with Gasteiger partial charge in [0.25, 0.3) is 5.56 Å². The maximum Gasteiger partial charge on any atom is 0.410 e. The molecule has 2 N–H and O–H groups in total. The van der Waals surface area contributed by atoms with Crippen molar-refractivity contribution in [3.8, 4) is 16.9 Å². The molecule has 0 saturated carbocycles. The Morgan fingerprint density at radius 1 is 1.11 bits per heavy atom. The van der Waals surface area contributed by atoms with Crippen LogP contribution in [0.25, 0.3) is 22.0 Å². The van der Waals surface area contributed by atoms with E-state index in [9.17, 15) is 23.2 Å². The number of anilines is 1. The van der Waals surface area contributed by atoms with Crippen molar-refractivity contribution in [2.75, 3.05) is 31.1 Å². The van der Waals surface area contributed by atoms with Crippen molar-refractivity contribution >= 4 is 28.9 Å². The summed E-state index contributed by atoms with van der Waals surface area (Å²) >= 11 is 0. The number of alkyl halides is 2. The Labute approximate surface area is 255 Å². The zero-order chi connectivity index (χ0) is 31.8. The summed E-state index contributed by atoms with van der Waals surface area (Å²) in [4.78, 5) is 49.6. The predicted octanol–water partition coefficient (Wildman–Crippen LogP) is 2.48. The first-order valence-corrected chi connectivity index (χ1v) is 14.3. The zero-order valence-corrected chi connectivity index (χ0v) is 24.6. The van der Waals surface area contributed by atoms with Gasteiger partial charge in [0.1, 0.15) is 25.0 Å². The highest BCUT2D eigenvalue weighted by atomic mass is 19.3. The largest absolute Gasteiger partial charge is 0.460 e. The van der Waals surface area contributed by atoms with Crippen molar-refractivity contribution in [1.82, 2.24) is 24.2 Å². The van der Waals surface area contributed by atoms with E-state index in [-0.39, 0.29) is 36.6 Å². The Morgan fingerprint density at radius 2 is 1.89 bits per heavy atom. The first-order valence-electron chi connectivity index (χ1n) is 14.3. The number of fused-ring (bicyclic) bond motifs is 2. The van der Waals surface area contributed by atoms with E-state index in [0.29, 0.717) is 59.8 Å². The van der Waals surface area contributed by atoms with Crippen molar-refractivity contribution in [2.24, 2.45) is 12.8 Å². The maximum absolute atomic E-state index is 13.3. The van der Waals surface area contributed by atoms with E-state index in [2.05, 4.69) is 9.97 Å². The lowest BCUT2D eigenvalue weighted by atomic mass is 10.1. The van der Waals surface area contributed by atoms with Crippen LogP contribution >= 0.6 is 0 Å². The van der Waals surface area contributed by atoms with Crippen LogP contribution in [0.2, 0.25) is 0 Å². The molecule has 236 valence electrons. The zero-order valence-electron chi connectivity index (χ0n) is 24.6. The number of esters is 1. The van der Waals surface area contributed by atoms with Gasteiger partial charge in [0.2, 0.25) is 5.95 Å². The summed E-state index contributed by atoms with van der Waals surface area (Å²) in [5, 5.41) is 0.434. The lowest BCUT2D eigenvalue weighted by Crippen LogP contribution is -2.52. The number of nitrogens with zero attached hydrogens (tertiary/aromatic N) is 6. The number of rotatable bonds is 9. The van der Waals surface area contributed by atoms with Crippen molar-refractivity contribution in [3.05, 3.63) is 70.3 Å². The van der Waals surface area contributed by atoms with Crippen molar-refractivity contribution in [3.63, 3.8) is 0 Å². The number of ether oxygens (including phenoxy) is 3. The monoisotopic (exact) mass is 623 g/mol. The molecule has 2 saturated heterocycles. The summed E-state index contributed by atoms with van der Waals surface area (Å²) < 4.78 is 44.7. The van der Waals surface area contributed by atoms with E-state index in [0.717, 1.165) is 5.56 Å². The van der Waals surface area contributed by atoms with Crippen molar-refractivity contribution in [2.45, 2.75) is 38.8 Å². The summed E-state index contributed by atoms with van der Waals surface area (Å²) in [6.45, 7) is 0.344. The number of amides is 1. The molecule has 2 atom stereocenters. The summed E-state index contributed by atoms with van der Waals surface area (Å²) in [6, 6.07) is 8.95. The molecule has 45 heavy (non-hydrogen) atoms. The fourth-order valence-electron chi connectivity index (χ4n) is 5.55. The van der Waals surface area contributed by atoms with Gasteiger partial charge in [-0.05, 0) is 42.3 Å². The first kappa shape index (κ1) is 30.0. The third-order valence-corrected chi connectivity index (χ3v) is 7.95. The number of benzene rings is 2. The minimum atomic E-state index is -3.07. The molecular weight excluding hydrogens is 592 g/mol. The van der Waals surface area contributed by atoms with Gasteiger partial charge in [-0.1, -0.05) is 12.1 Å². The standard InChI is InChI=1S/C30H31F2N7O6/c1-17(33)27(41)43-15-18-3-6-25(45-28(31)32)20(9-18)13-39-24-10-19(4-5-23(24)26(40)36(39)2)21-11-34-29(35-12-21)37-7-8-38-22(14-37)16-44-30(38)42/h3-6,9-12,17,22,28H,7-8,13-16,33H2,1-2H3. The highest BCUT2D eigenvalue weighted by Gasteiger charge is 2.38. The van der Waals surface area contributed by atoms with Crippen LogP contribution in [0.3, 0.4) is 0 Å². The normalized spacial score (nSPS) is 17.0. The summed E-state index contributed by atoms with van der Waals surface area (Å²) in [6.07, 6.45) is 3.09. The van der Waals surface area contributed by atoms with E-state index < -0.39 is 18.6 Å². The molecule has 15 heteroatoms. The molecule has 4 heterocycles. The average Bonchev–Trinajstić information content (AvgIpc) is 3.52. The predicted molar refractivity (Wildman–Crippen MR) is 158 cm³/mol. The first-order chi connectivity index (χ1) is 21.6. The van der Waals surface area contributed by atoms with Crippen LogP contribution in [-0.4, -0.2) is 81.2 Å². The van der Waals surface area contributed by atoms with Crippen molar-refractivity contribution < 1.29 is 32.6 Å². The molecule has 2 fully saturated rings. The SMILES string of the molecule is CC(N)C(=O)OCc1ccc(OC(F)F)c(Cn2c3cc(-c4cnc(N5CCN6C(=O)OCC6C5)nc4)ccc3c(=O)n2C)c1. The van der Waals surface area contributed by atoms with Crippen LogP contribution in [0, 0.1) is 0 Å². The molecule has 0 aliphatic carbocycles. The highest BCUT2D eigenvalue weighted by molar-refractivity contribution is 5.84. The van der Waals surface area contributed by atoms with Gasteiger partial charge in [-0.3, -0.25) is 23.9 Å². The van der Waals surface area contributed by atoms with E-state index in [1.54, 1.807) is 47.2 Å². The minimum absolute atomic E-state index is 0.00459. The molecule has 2 aromatic carbocycles. The number of hydrogen-bond donors (Lipinski definition) is 1. The summed E-state index contributed by atoms with van der Waals surface area (Å²) in [5.41, 5.74) is 8.19. The molecular formula is C30H31F2N7O6. The van der Waals surface area contributed by atoms with Gasteiger partial charge in [-0.2, -0.15) is 8.78 Å². The summed E-state index contributed by atoms with van der Waals surface area (Å²) in [5.74, 6) is -0.139. The van der Waals surface area contributed by atoms with E-state index >= 15 is 0 Å². The van der Waals surface area contributed by atoms with E-state index in [4.69, 9.17) is 19.9 Å². The van der Waals surface area contributed by atoms with Gasteiger partial charge in [-0.15, -0.1) is 0 Å². The molecule has 0 radical (unpaired) electrons. The van der Waals surface area contributed by atoms with Crippen LogP contribution in [0.15, 0.2) is 53.6 Å².